The second-order valence-electron chi connectivity index (χ2n) is 9.55. The molecule has 0 amide bonds. The third kappa shape index (κ3) is 1.47. The minimum Gasteiger partial charge on any atom is -0.504 e. The van der Waals surface area contributed by atoms with Crippen molar-refractivity contribution < 1.29 is 19.4 Å². The fraction of sp³-hybridized carbons (Fsp3) is 0.682. The highest BCUT2D eigenvalue weighted by molar-refractivity contribution is 5.81. The van der Waals surface area contributed by atoms with Crippen molar-refractivity contribution in [1.29, 1.82) is 0 Å². The van der Waals surface area contributed by atoms with Gasteiger partial charge < -0.3 is 19.5 Å². The molecule has 2 heterocycles. The van der Waals surface area contributed by atoms with E-state index in [0.717, 1.165) is 38.6 Å². The van der Waals surface area contributed by atoms with Crippen LogP contribution in [0.1, 0.15) is 43.7 Å². The molecule has 4 aliphatic carbocycles. The van der Waals surface area contributed by atoms with E-state index in [9.17, 15) is 9.90 Å². The molecule has 1 saturated heterocycles. The van der Waals surface area contributed by atoms with Crippen molar-refractivity contribution in [1.82, 2.24) is 4.90 Å². The molecule has 0 aromatic heterocycles. The number of aromatic hydroxyl groups is 1. The van der Waals surface area contributed by atoms with Crippen molar-refractivity contribution in [3.8, 4) is 11.5 Å². The van der Waals surface area contributed by atoms with Gasteiger partial charge in [-0.1, -0.05) is 6.07 Å². The Morgan fingerprint density at radius 1 is 1.33 bits per heavy atom. The molecular formula is C22H27NO4. The largest absolute Gasteiger partial charge is 0.504 e. The summed E-state index contributed by atoms with van der Waals surface area (Å²) in [6.07, 6.45) is 4.58. The number of phenolic OH excluding ortho intramolecular Hbond substituents is 1. The Morgan fingerprint density at radius 2 is 2.15 bits per heavy atom. The summed E-state index contributed by atoms with van der Waals surface area (Å²) in [4.78, 5) is 15.3. The van der Waals surface area contributed by atoms with E-state index >= 15 is 0 Å². The summed E-state index contributed by atoms with van der Waals surface area (Å²) in [6, 6.07) is 4.28. The lowest BCUT2D eigenvalue weighted by Crippen LogP contribution is -2.81. The molecule has 4 bridgehead atoms. The number of hydrogen-bond donors (Lipinski definition) is 1. The first-order valence-electron chi connectivity index (χ1n) is 10.2. The second-order valence-corrected chi connectivity index (χ2v) is 9.55. The lowest BCUT2D eigenvalue weighted by atomic mass is 9.34. The SMILES string of the molecule is CO[C@]12CC[C@@]3(C[C@@H]1C(C)=O)[C@H]1Cc4ccc(O)c5c4[C@@]3(CCN1C)[C@H]2O5. The molecule has 6 aliphatic rings. The van der Waals surface area contributed by atoms with Crippen LogP contribution in [0.3, 0.4) is 0 Å². The maximum atomic E-state index is 12.8. The number of phenols is 1. The Balaban J connectivity index is 1.70. The van der Waals surface area contributed by atoms with Gasteiger partial charge >= 0.3 is 0 Å². The summed E-state index contributed by atoms with van der Waals surface area (Å²) >= 11 is 0. The van der Waals surface area contributed by atoms with Crippen molar-refractivity contribution in [3.63, 3.8) is 0 Å². The number of rotatable bonds is 2. The third-order valence-electron chi connectivity index (χ3n) is 9.12. The first kappa shape index (κ1) is 16.4. The van der Waals surface area contributed by atoms with E-state index in [4.69, 9.17) is 9.47 Å². The number of nitrogens with zero attached hydrogens (tertiary/aromatic N) is 1. The number of benzene rings is 1. The van der Waals surface area contributed by atoms with Gasteiger partial charge in [-0.05, 0) is 64.3 Å². The van der Waals surface area contributed by atoms with E-state index in [1.165, 1.54) is 11.1 Å². The molecule has 1 N–H and O–H groups in total. The number of ether oxygens (including phenoxy) is 2. The number of likely N-dealkylation sites (N-methyl/N-ethyl adjacent to an activating group) is 1. The van der Waals surface area contributed by atoms with Gasteiger partial charge in [0.05, 0.1) is 5.92 Å². The molecule has 1 aromatic rings. The summed E-state index contributed by atoms with van der Waals surface area (Å²) in [6.45, 7) is 2.73. The molecule has 144 valence electrons. The van der Waals surface area contributed by atoms with Crippen molar-refractivity contribution in [2.45, 2.75) is 62.2 Å². The van der Waals surface area contributed by atoms with E-state index in [0.29, 0.717) is 11.8 Å². The zero-order chi connectivity index (χ0) is 18.8. The standard InChI is InChI=1S/C22H27NO4/c1-12(24)14-11-20-6-7-22(14,26-3)19-21(20)8-9-23(2)16(20)10-13-4-5-15(25)18(27-19)17(13)21/h4-5,14,16,19,25H,6-11H2,1-3H3/t14-,16-,19-,20-,21+,22-/m1/s1. The summed E-state index contributed by atoms with van der Waals surface area (Å²) in [7, 11) is 3.98. The van der Waals surface area contributed by atoms with E-state index in [2.05, 4.69) is 18.0 Å². The summed E-state index contributed by atoms with van der Waals surface area (Å²) in [5.41, 5.74) is 1.83. The second kappa shape index (κ2) is 4.69. The maximum Gasteiger partial charge on any atom is 0.165 e. The van der Waals surface area contributed by atoms with Gasteiger partial charge in [-0.2, -0.15) is 0 Å². The predicted octanol–water partition coefficient (Wildman–Crippen LogP) is 2.43. The van der Waals surface area contributed by atoms with Crippen LogP contribution in [-0.4, -0.2) is 54.2 Å². The third-order valence-corrected chi connectivity index (χ3v) is 9.12. The topological polar surface area (TPSA) is 59.0 Å². The van der Waals surface area contributed by atoms with Crippen molar-refractivity contribution in [3.05, 3.63) is 23.3 Å². The smallest absolute Gasteiger partial charge is 0.165 e. The number of carbonyl (C=O) groups excluding carboxylic acids is 1. The Bertz CT molecular complexity index is 883. The molecule has 7 rings (SSSR count). The van der Waals surface area contributed by atoms with Crippen molar-refractivity contribution in [2.24, 2.45) is 11.3 Å². The number of methoxy groups -OCH3 is 1. The van der Waals surface area contributed by atoms with E-state index in [1.54, 1.807) is 20.1 Å². The summed E-state index contributed by atoms with van der Waals surface area (Å²) in [5.74, 6) is 0.968. The number of ketones is 1. The molecule has 1 aromatic carbocycles. The summed E-state index contributed by atoms with van der Waals surface area (Å²) < 4.78 is 12.8. The number of Topliss-reactive ketones (excluding diaryl/α,β-unsaturated/α-hetero) is 1. The van der Waals surface area contributed by atoms with Crippen LogP contribution < -0.4 is 4.74 Å². The van der Waals surface area contributed by atoms with Crippen molar-refractivity contribution in [2.75, 3.05) is 20.7 Å². The number of hydrogen-bond acceptors (Lipinski definition) is 5. The molecule has 5 nitrogen and oxygen atoms in total. The van der Waals surface area contributed by atoms with E-state index < -0.39 is 5.60 Å². The molecule has 2 spiro atoms. The molecule has 2 aliphatic heterocycles. The highest BCUT2D eigenvalue weighted by atomic mass is 16.6. The molecule has 4 fully saturated rings. The number of likely N-dealkylation sites (tertiary alicyclic amines) is 1. The lowest BCUT2D eigenvalue weighted by Gasteiger charge is -2.73. The summed E-state index contributed by atoms with van der Waals surface area (Å²) in [5, 5.41) is 10.6. The molecule has 0 unspecified atom stereocenters. The fourth-order valence-electron chi connectivity index (χ4n) is 8.15. The van der Waals surface area contributed by atoms with Gasteiger partial charge in [-0.15, -0.1) is 0 Å². The first-order chi connectivity index (χ1) is 12.9. The molecule has 0 radical (unpaired) electrons. The Morgan fingerprint density at radius 3 is 2.89 bits per heavy atom. The van der Waals surface area contributed by atoms with Gasteiger partial charge in [0.1, 0.15) is 17.5 Å². The fourth-order valence-corrected chi connectivity index (χ4v) is 8.15. The first-order valence-corrected chi connectivity index (χ1v) is 10.2. The zero-order valence-corrected chi connectivity index (χ0v) is 16.2. The Kier molecular flexibility index (Phi) is 2.84. The van der Waals surface area contributed by atoms with Crippen LogP contribution in [0.4, 0.5) is 0 Å². The molecule has 6 atom stereocenters. The van der Waals surface area contributed by atoms with Gasteiger partial charge in [-0.3, -0.25) is 4.79 Å². The minimum atomic E-state index is -0.589. The van der Waals surface area contributed by atoms with Gasteiger partial charge in [0.25, 0.3) is 0 Å². The van der Waals surface area contributed by atoms with Crippen LogP contribution in [0.5, 0.6) is 11.5 Å². The lowest BCUT2D eigenvalue weighted by molar-refractivity contribution is -0.270. The molecular weight excluding hydrogens is 342 g/mol. The number of carbonyl (C=O) groups is 1. The van der Waals surface area contributed by atoms with E-state index in [-0.39, 0.29) is 34.4 Å². The van der Waals surface area contributed by atoms with Crippen LogP contribution in [0, 0.1) is 11.3 Å². The van der Waals surface area contributed by atoms with Crippen LogP contribution in [0.15, 0.2) is 12.1 Å². The Labute approximate surface area is 159 Å². The molecule has 27 heavy (non-hydrogen) atoms. The van der Waals surface area contributed by atoms with Crippen LogP contribution >= 0.6 is 0 Å². The highest BCUT2D eigenvalue weighted by Crippen LogP contribution is 2.76. The average Bonchev–Trinajstić information content (AvgIpc) is 3.03. The molecule has 5 heteroatoms. The van der Waals surface area contributed by atoms with Gasteiger partial charge in [0.2, 0.25) is 0 Å². The average molecular weight is 369 g/mol. The zero-order valence-electron chi connectivity index (χ0n) is 16.2. The van der Waals surface area contributed by atoms with Gasteiger partial charge in [-0.25, -0.2) is 0 Å². The monoisotopic (exact) mass is 369 g/mol. The highest BCUT2D eigenvalue weighted by Gasteiger charge is 2.80. The van der Waals surface area contributed by atoms with Crippen molar-refractivity contribution >= 4 is 5.78 Å². The normalized spacial score (nSPS) is 46.1. The minimum absolute atomic E-state index is 0.0212. The Hall–Kier alpha value is -1.59. The predicted molar refractivity (Wildman–Crippen MR) is 99.1 cm³/mol. The van der Waals surface area contributed by atoms with Gasteiger partial charge in [0, 0.05) is 29.5 Å². The number of fused-ring (bicyclic) bond motifs is 2. The quantitative estimate of drug-likeness (QED) is 0.868. The van der Waals surface area contributed by atoms with E-state index in [1.807, 2.05) is 0 Å². The van der Waals surface area contributed by atoms with Crippen LogP contribution in [0.2, 0.25) is 0 Å². The van der Waals surface area contributed by atoms with Crippen LogP contribution in [-0.2, 0) is 21.4 Å². The van der Waals surface area contributed by atoms with Crippen LogP contribution in [0.25, 0.3) is 0 Å². The number of piperidine rings is 1. The maximum absolute atomic E-state index is 12.8. The molecule has 3 saturated carbocycles. The van der Waals surface area contributed by atoms with Gasteiger partial charge in [0.15, 0.2) is 11.5 Å².